The molecule has 26 heavy (non-hydrogen) atoms. The molecule has 1 saturated heterocycles. The number of pyridine rings is 1. The number of piperidine rings is 1. The lowest BCUT2D eigenvalue weighted by Gasteiger charge is -2.31. The smallest absolute Gasteiger partial charge is 0.321 e. The van der Waals surface area contributed by atoms with E-state index in [9.17, 15) is 4.79 Å². The van der Waals surface area contributed by atoms with E-state index in [2.05, 4.69) is 25.5 Å². The van der Waals surface area contributed by atoms with Crippen LogP contribution in [0.2, 0.25) is 0 Å². The molecule has 3 aromatic rings. The Bertz CT molecular complexity index is 856. The average molecular weight is 348 g/mol. The molecule has 1 aliphatic heterocycles. The first-order valence-electron chi connectivity index (χ1n) is 8.73. The zero-order valence-electron chi connectivity index (χ0n) is 14.3. The van der Waals surface area contributed by atoms with E-state index in [0.717, 1.165) is 35.7 Å². The van der Waals surface area contributed by atoms with Crippen molar-refractivity contribution < 1.29 is 4.79 Å². The number of hydrogen-bond acceptors (Lipinski definition) is 4. The number of likely N-dealkylation sites (tertiary alicyclic amines) is 1. The van der Waals surface area contributed by atoms with Crippen molar-refractivity contribution >= 4 is 11.7 Å². The van der Waals surface area contributed by atoms with Gasteiger partial charge in [-0.15, -0.1) is 0 Å². The van der Waals surface area contributed by atoms with Crippen LogP contribution in [0.25, 0.3) is 11.4 Å². The number of H-pyrrole nitrogens is 1. The molecular formula is C19H20N6O. The monoisotopic (exact) mass is 348 g/mol. The maximum atomic E-state index is 12.4. The van der Waals surface area contributed by atoms with Crippen LogP contribution in [0.15, 0.2) is 54.9 Å². The summed E-state index contributed by atoms with van der Waals surface area (Å²) in [5.41, 5.74) is 1.76. The summed E-state index contributed by atoms with van der Waals surface area (Å²) in [7, 11) is 0. The Morgan fingerprint density at radius 1 is 1.08 bits per heavy atom. The minimum absolute atomic E-state index is 0.0720. The molecule has 4 rings (SSSR count). The Balaban J connectivity index is 1.35. The molecule has 1 aromatic carbocycles. The lowest BCUT2D eigenvalue weighted by Crippen LogP contribution is -2.40. The quantitative estimate of drug-likeness (QED) is 0.760. The van der Waals surface area contributed by atoms with E-state index in [1.54, 1.807) is 24.5 Å². The molecule has 0 spiro atoms. The highest BCUT2D eigenvalue weighted by Crippen LogP contribution is 2.27. The van der Waals surface area contributed by atoms with Gasteiger partial charge in [0.1, 0.15) is 5.82 Å². The van der Waals surface area contributed by atoms with Crippen LogP contribution in [0.4, 0.5) is 10.5 Å². The van der Waals surface area contributed by atoms with E-state index in [1.165, 1.54) is 0 Å². The molecule has 7 nitrogen and oxygen atoms in total. The maximum absolute atomic E-state index is 12.4. The molecule has 1 aliphatic rings. The molecule has 2 N–H and O–H groups in total. The lowest BCUT2D eigenvalue weighted by atomic mass is 9.96. The van der Waals surface area contributed by atoms with Crippen molar-refractivity contribution in [3.8, 4) is 11.4 Å². The number of amides is 2. The van der Waals surface area contributed by atoms with Gasteiger partial charge in [0.05, 0.1) is 0 Å². The fourth-order valence-electron chi connectivity index (χ4n) is 3.17. The molecule has 0 unspecified atom stereocenters. The van der Waals surface area contributed by atoms with Crippen LogP contribution in [0.5, 0.6) is 0 Å². The Kier molecular flexibility index (Phi) is 4.59. The zero-order chi connectivity index (χ0) is 17.8. The number of hydrogen-bond donors (Lipinski definition) is 2. The Hall–Kier alpha value is -3.22. The van der Waals surface area contributed by atoms with Crippen molar-refractivity contribution in [1.82, 2.24) is 25.1 Å². The standard InChI is InChI=1S/C19H20N6O/c26-19(21-16-6-10-20-11-7-16)25-12-8-15(9-13-25)18-22-17(23-24-18)14-4-2-1-3-5-14/h1-7,10-11,15H,8-9,12-13H2,(H,20,21,26)(H,22,23,24). The van der Waals surface area contributed by atoms with Crippen molar-refractivity contribution in [1.29, 1.82) is 0 Å². The van der Waals surface area contributed by atoms with Crippen LogP contribution >= 0.6 is 0 Å². The number of aromatic amines is 1. The SMILES string of the molecule is O=C(Nc1ccncc1)N1CCC(c2nc(-c3ccccc3)n[nH]2)CC1. The highest BCUT2D eigenvalue weighted by atomic mass is 16.2. The minimum atomic E-state index is -0.0720. The van der Waals surface area contributed by atoms with Gasteiger partial charge in [0.25, 0.3) is 0 Å². The number of aromatic nitrogens is 4. The predicted octanol–water partition coefficient (Wildman–Crippen LogP) is 3.28. The second-order valence-corrected chi connectivity index (χ2v) is 6.34. The first-order valence-corrected chi connectivity index (χ1v) is 8.73. The summed E-state index contributed by atoms with van der Waals surface area (Å²) in [4.78, 5) is 22.8. The topological polar surface area (TPSA) is 86.8 Å². The van der Waals surface area contributed by atoms with Gasteiger partial charge >= 0.3 is 6.03 Å². The van der Waals surface area contributed by atoms with Crippen molar-refractivity contribution in [3.05, 3.63) is 60.7 Å². The predicted molar refractivity (Wildman–Crippen MR) is 98.6 cm³/mol. The Morgan fingerprint density at radius 3 is 2.54 bits per heavy atom. The summed E-state index contributed by atoms with van der Waals surface area (Å²) in [6.45, 7) is 1.39. The minimum Gasteiger partial charge on any atom is -0.324 e. The molecule has 1 fully saturated rings. The van der Waals surface area contributed by atoms with Crippen LogP contribution in [-0.4, -0.2) is 44.2 Å². The Morgan fingerprint density at radius 2 is 1.81 bits per heavy atom. The maximum Gasteiger partial charge on any atom is 0.321 e. The van der Waals surface area contributed by atoms with E-state index >= 15 is 0 Å². The second-order valence-electron chi connectivity index (χ2n) is 6.34. The van der Waals surface area contributed by atoms with Crippen molar-refractivity contribution in [2.45, 2.75) is 18.8 Å². The van der Waals surface area contributed by atoms with Gasteiger partial charge in [-0.2, -0.15) is 5.10 Å². The summed E-state index contributed by atoms with van der Waals surface area (Å²) >= 11 is 0. The van der Waals surface area contributed by atoms with Crippen molar-refractivity contribution in [2.75, 3.05) is 18.4 Å². The number of carbonyl (C=O) groups excluding carboxylic acids is 1. The Labute approximate surface area is 151 Å². The molecule has 0 atom stereocenters. The third-order valence-corrected chi connectivity index (χ3v) is 4.64. The summed E-state index contributed by atoms with van der Waals surface area (Å²) in [5, 5.41) is 10.3. The molecule has 0 radical (unpaired) electrons. The molecule has 3 heterocycles. The summed E-state index contributed by atoms with van der Waals surface area (Å²) in [6, 6.07) is 13.4. The molecular weight excluding hydrogens is 328 g/mol. The van der Waals surface area contributed by atoms with E-state index in [4.69, 9.17) is 0 Å². The van der Waals surface area contributed by atoms with Gasteiger partial charge in [0.15, 0.2) is 5.82 Å². The third kappa shape index (κ3) is 3.56. The summed E-state index contributed by atoms with van der Waals surface area (Å²) in [5.74, 6) is 1.92. The number of nitrogens with zero attached hydrogens (tertiary/aromatic N) is 4. The van der Waals surface area contributed by atoms with Crippen LogP contribution in [-0.2, 0) is 0 Å². The molecule has 0 saturated carbocycles. The van der Waals surface area contributed by atoms with Gasteiger partial charge in [-0.05, 0) is 25.0 Å². The molecule has 0 aliphatic carbocycles. The summed E-state index contributed by atoms with van der Waals surface area (Å²) < 4.78 is 0. The number of carbonyl (C=O) groups is 1. The fourth-order valence-corrected chi connectivity index (χ4v) is 3.17. The fraction of sp³-hybridized carbons (Fsp3) is 0.263. The molecule has 132 valence electrons. The average Bonchev–Trinajstić information content (AvgIpc) is 3.20. The lowest BCUT2D eigenvalue weighted by molar-refractivity contribution is 0.193. The van der Waals surface area contributed by atoms with Crippen LogP contribution in [0, 0.1) is 0 Å². The molecule has 7 heteroatoms. The number of urea groups is 1. The normalized spacial score (nSPS) is 15.0. The first-order chi connectivity index (χ1) is 12.8. The van der Waals surface area contributed by atoms with Crippen LogP contribution in [0.1, 0.15) is 24.6 Å². The number of benzene rings is 1. The highest BCUT2D eigenvalue weighted by molar-refractivity contribution is 5.89. The largest absolute Gasteiger partial charge is 0.324 e. The first kappa shape index (κ1) is 16.3. The zero-order valence-corrected chi connectivity index (χ0v) is 14.3. The van der Waals surface area contributed by atoms with Gasteiger partial charge in [0.2, 0.25) is 0 Å². The van der Waals surface area contributed by atoms with E-state index < -0.39 is 0 Å². The second kappa shape index (κ2) is 7.35. The third-order valence-electron chi connectivity index (χ3n) is 4.64. The number of rotatable bonds is 3. The van der Waals surface area contributed by atoms with E-state index in [1.807, 2.05) is 35.2 Å². The molecule has 2 aromatic heterocycles. The molecule has 0 bridgehead atoms. The van der Waals surface area contributed by atoms with Gasteiger partial charge in [-0.25, -0.2) is 9.78 Å². The van der Waals surface area contributed by atoms with Gasteiger partial charge in [0, 0.05) is 42.7 Å². The van der Waals surface area contributed by atoms with Crippen molar-refractivity contribution in [3.63, 3.8) is 0 Å². The summed E-state index contributed by atoms with van der Waals surface area (Å²) in [6.07, 6.45) is 5.06. The van der Waals surface area contributed by atoms with Gasteiger partial charge in [-0.3, -0.25) is 10.1 Å². The number of nitrogens with one attached hydrogen (secondary N) is 2. The van der Waals surface area contributed by atoms with E-state index in [0.29, 0.717) is 19.0 Å². The van der Waals surface area contributed by atoms with Crippen LogP contribution < -0.4 is 5.32 Å². The van der Waals surface area contributed by atoms with Crippen LogP contribution in [0.3, 0.4) is 0 Å². The van der Waals surface area contributed by atoms with E-state index in [-0.39, 0.29) is 6.03 Å². The van der Waals surface area contributed by atoms with Gasteiger partial charge < -0.3 is 10.2 Å². The van der Waals surface area contributed by atoms with Gasteiger partial charge in [-0.1, -0.05) is 30.3 Å². The highest BCUT2D eigenvalue weighted by Gasteiger charge is 2.26. The van der Waals surface area contributed by atoms with Crippen molar-refractivity contribution in [2.24, 2.45) is 0 Å². The number of anilines is 1. The molecule has 2 amide bonds.